The molecule has 13 heavy (non-hydrogen) atoms. The van der Waals surface area contributed by atoms with Crippen molar-refractivity contribution in [2.45, 2.75) is 6.54 Å². The standard InChI is InChI=1S/C8H12N2O2S/c1-10(13(11)12)8-4-2-7(6-9)3-5-8/h2-5H,6,9H2,1H3,(H,11,12)/p-1. The molecule has 0 bridgehead atoms. The van der Waals surface area contributed by atoms with Crippen molar-refractivity contribution in [2.24, 2.45) is 5.73 Å². The summed E-state index contributed by atoms with van der Waals surface area (Å²) in [6.45, 7) is 0.463. The molecule has 1 rings (SSSR count). The third kappa shape index (κ3) is 2.51. The van der Waals surface area contributed by atoms with E-state index >= 15 is 0 Å². The summed E-state index contributed by atoms with van der Waals surface area (Å²) in [6.07, 6.45) is 0. The molecular weight excluding hydrogens is 188 g/mol. The Balaban J connectivity index is 2.85. The van der Waals surface area contributed by atoms with Gasteiger partial charge in [0.2, 0.25) is 0 Å². The van der Waals surface area contributed by atoms with E-state index in [-0.39, 0.29) is 0 Å². The van der Waals surface area contributed by atoms with Crippen molar-refractivity contribution < 1.29 is 8.76 Å². The van der Waals surface area contributed by atoms with Gasteiger partial charge in [-0.25, -0.2) is 0 Å². The molecule has 0 saturated heterocycles. The third-order valence-corrected chi connectivity index (χ3v) is 2.42. The van der Waals surface area contributed by atoms with Gasteiger partial charge in [-0.05, 0) is 17.7 Å². The molecule has 0 amide bonds. The molecule has 0 fully saturated rings. The molecule has 0 aliphatic heterocycles. The summed E-state index contributed by atoms with van der Waals surface area (Å²) in [5, 5.41) is 0. The molecule has 1 unspecified atom stereocenters. The van der Waals surface area contributed by atoms with Gasteiger partial charge in [0, 0.05) is 30.5 Å². The van der Waals surface area contributed by atoms with Crippen LogP contribution in [0.4, 0.5) is 5.69 Å². The molecule has 0 aliphatic carbocycles. The van der Waals surface area contributed by atoms with E-state index in [9.17, 15) is 8.76 Å². The average molecular weight is 199 g/mol. The van der Waals surface area contributed by atoms with Crippen LogP contribution in [-0.2, 0) is 17.8 Å². The van der Waals surface area contributed by atoms with Gasteiger partial charge in [-0.1, -0.05) is 12.1 Å². The summed E-state index contributed by atoms with van der Waals surface area (Å²) < 4.78 is 22.3. The maximum atomic E-state index is 10.6. The summed E-state index contributed by atoms with van der Waals surface area (Å²) in [6, 6.07) is 7.05. The van der Waals surface area contributed by atoms with Crippen molar-refractivity contribution in [1.82, 2.24) is 0 Å². The molecule has 1 aromatic rings. The summed E-state index contributed by atoms with van der Waals surface area (Å²) in [7, 11) is 1.49. The fourth-order valence-electron chi connectivity index (χ4n) is 0.928. The Bertz CT molecular complexity index is 300. The number of nitrogens with two attached hydrogens (primary N) is 1. The third-order valence-electron chi connectivity index (χ3n) is 1.76. The van der Waals surface area contributed by atoms with Gasteiger partial charge in [0.25, 0.3) is 0 Å². The quantitative estimate of drug-likeness (QED) is 0.715. The van der Waals surface area contributed by atoms with Crippen molar-refractivity contribution >= 4 is 17.0 Å². The maximum Gasteiger partial charge on any atom is 0.0479 e. The largest absolute Gasteiger partial charge is 0.755 e. The van der Waals surface area contributed by atoms with Gasteiger partial charge in [0.05, 0.1) is 0 Å². The van der Waals surface area contributed by atoms with Crippen LogP contribution in [0.1, 0.15) is 5.56 Å². The van der Waals surface area contributed by atoms with E-state index in [0.29, 0.717) is 12.2 Å². The van der Waals surface area contributed by atoms with Crippen LogP contribution < -0.4 is 10.0 Å². The minimum atomic E-state index is -2.22. The molecule has 0 aromatic heterocycles. The van der Waals surface area contributed by atoms with E-state index in [0.717, 1.165) is 9.87 Å². The van der Waals surface area contributed by atoms with Crippen LogP contribution in [0.15, 0.2) is 24.3 Å². The van der Waals surface area contributed by atoms with E-state index in [1.54, 1.807) is 24.3 Å². The lowest BCUT2D eigenvalue weighted by atomic mass is 10.2. The fourth-order valence-corrected chi connectivity index (χ4v) is 1.22. The first-order chi connectivity index (χ1) is 6.15. The zero-order valence-electron chi connectivity index (χ0n) is 7.27. The molecule has 0 spiro atoms. The van der Waals surface area contributed by atoms with Crippen LogP contribution in [0, 0.1) is 0 Å². The highest BCUT2D eigenvalue weighted by Gasteiger charge is 1.99. The van der Waals surface area contributed by atoms with Crippen LogP contribution >= 0.6 is 0 Å². The zero-order chi connectivity index (χ0) is 9.84. The maximum absolute atomic E-state index is 10.6. The van der Waals surface area contributed by atoms with Crippen molar-refractivity contribution in [3.05, 3.63) is 29.8 Å². The van der Waals surface area contributed by atoms with Crippen molar-refractivity contribution in [3.8, 4) is 0 Å². The molecule has 0 radical (unpaired) electrons. The van der Waals surface area contributed by atoms with Crippen LogP contribution in [-0.4, -0.2) is 15.8 Å². The molecule has 0 aliphatic rings. The highest BCUT2D eigenvalue weighted by atomic mass is 32.2. The molecule has 0 heterocycles. The number of benzene rings is 1. The smallest absolute Gasteiger partial charge is 0.0479 e. The Morgan fingerprint density at radius 3 is 2.38 bits per heavy atom. The minimum absolute atomic E-state index is 0.463. The van der Waals surface area contributed by atoms with Crippen molar-refractivity contribution in [2.75, 3.05) is 11.4 Å². The van der Waals surface area contributed by atoms with Gasteiger partial charge in [-0.3, -0.25) is 4.21 Å². The predicted octanol–water partition coefficient (Wildman–Crippen LogP) is 0.376. The van der Waals surface area contributed by atoms with E-state index in [1.807, 2.05) is 0 Å². The molecule has 0 saturated carbocycles. The molecule has 2 N–H and O–H groups in total. The van der Waals surface area contributed by atoms with Crippen LogP contribution in [0.3, 0.4) is 0 Å². The van der Waals surface area contributed by atoms with Crippen LogP contribution in [0.25, 0.3) is 0 Å². The molecule has 1 atom stereocenters. The van der Waals surface area contributed by atoms with E-state index < -0.39 is 11.3 Å². The highest BCUT2D eigenvalue weighted by Crippen LogP contribution is 2.14. The van der Waals surface area contributed by atoms with Crippen molar-refractivity contribution in [3.63, 3.8) is 0 Å². The van der Waals surface area contributed by atoms with Crippen LogP contribution in [0.5, 0.6) is 0 Å². The number of hydrogen-bond acceptors (Lipinski definition) is 3. The Hall–Kier alpha value is -0.910. The van der Waals surface area contributed by atoms with Gasteiger partial charge in [0.15, 0.2) is 0 Å². The normalized spacial score (nSPS) is 12.5. The molecule has 5 heteroatoms. The summed E-state index contributed by atoms with van der Waals surface area (Å²) in [5.41, 5.74) is 7.01. The first-order valence-electron chi connectivity index (χ1n) is 3.77. The lowest BCUT2D eigenvalue weighted by molar-refractivity contribution is 0.535. The Morgan fingerprint density at radius 1 is 1.46 bits per heavy atom. The molecule has 4 nitrogen and oxygen atoms in total. The monoisotopic (exact) mass is 199 g/mol. The lowest BCUT2D eigenvalue weighted by Gasteiger charge is -2.21. The second kappa shape index (κ2) is 4.36. The topological polar surface area (TPSA) is 69.4 Å². The van der Waals surface area contributed by atoms with Gasteiger partial charge < -0.3 is 14.6 Å². The zero-order valence-corrected chi connectivity index (χ0v) is 8.08. The molecule has 72 valence electrons. The van der Waals surface area contributed by atoms with Crippen LogP contribution in [0.2, 0.25) is 0 Å². The minimum Gasteiger partial charge on any atom is -0.755 e. The van der Waals surface area contributed by atoms with Gasteiger partial charge in [-0.2, -0.15) is 0 Å². The van der Waals surface area contributed by atoms with E-state index in [2.05, 4.69) is 0 Å². The Kier molecular flexibility index (Phi) is 3.41. The van der Waals surface area contributed by atoms with E-state index in [1.165, 1.54) is 7.05 Å². The summed E-state index contributed by atoms with van der Waals surface area (Å²) >= 11 is -2.22. The Morgan fingerprint density at radius 2 is 2.00 bits per heavy atom. The number of nitrogens with zero attached hydrogens (tertiary/aromatic N) is 1. The Labute approximate surface area is 79.8 Å². The lowest BCUT2D eigenvalue weighted by Crippen LogP contribution is -2.19. The second-order valence-electron chi connectivity index (χ2n) is 2.59. The number of anilines is 1. The number of rotatable bonds is 3. The van der Waals surface area contributed by atoms with Gasteiger partial charge in [0.1, 0.15) is 0 Å². The molecular formula is C8H11N2O2S-. The van der Waals surface area contributed by atoms with Crippen molar-refractivity contribution in [1.29, 1.82) is 0 Å². The summed E-state index contributed by atoms with van der Waals surface area (Å²) in [5.74, 6) is 0. The summed E-state index contributed by atoms with van der Waals surface area (Å²) in [4.78, 5) is 0. The van der Waals surface area contributed by atoms with Gasteiger partial charge in [-0.15, -0.1) is 0 Å². The van der Waals surface area contributed by atoms with E-state index in [4.69, 9.17) is 5.73 Å². The predicted molar refractivity (Wildman–Crippen MR) is 51.7 cm³/mol. The first kappa shape index (κ1) is 10.2. The highest BCUT2D eigenvalue weighted by molar-refractivity contribution is 7.80. The SMILES string of the molecule is CN(c1ccc(CN)cc1)S(=O)[O-]. The molecule has 1 aromatic carbocycles. The average Bonchev–Trinajstić information content (AvgIpc) is 2.17. The fraction of sp³-hybridized carbons (Fsp3) is 0.250. The first-order valence-corrected chi connectivity index (χ1v) is 4.80. The van der Waals surface area contributed by atoms with Gasteiger partial charge >= 0.3 is 0 Å². The number of hydrogen-bond donors (Lipinski definition) is 1. The second-order valence-corrected chi connectivity index (χ2v) is 3.57.